The van der Waals surface area contributed by atoms with Crippen LogP contribution in [0.2, 0.25) is 0 Å². The zero-order chi connectivity index (χ0) is 12.9. The SMILES string of the molecule is OCC12CCCC1CN(c1ccc3nccn3n1)C2. The first-order valence-electron chi connectivity index (χ1n) is 6.97. The Morgan fingerprint density at radius 1 is 1.42 bits per heavy atom. The van der Waals surface area contributed by atoms with Gasteiger partial charge in [-0.05, 0) is 30.9 Å². The van der Waals surface area contributed by atoms with Crippen LogP contribution in [-0.2, 0) is 0 Å². The Morgan fingerprint density at radius 3 is 3.21 bits per heavy atom. The Hall–Kier alpha value is -1.62. The van der Waals surface area contributed by atoms with Crippen molar-refractivity contribution in [1.29, 1.82) is 0 Å². The van der Waals surface area contributed by atoms with Crippen LogP contribution in [0.5, 0.6) is 0 Å². The molecule has 1 saturated heterocycles. The molecule has 1 saturated carbocycles. The Morgan fingerprint density at radius 2 is 2.37 bits per heavy atom. The summed E-state index contributed by atoms with van der Waals surface area (Å²) >= 11 is 0. The number of aromatic nitrogens is 3. The van der Waals surface area contributed by atoms with Gasteiger partial charge >= 0.3 is 0 Å². The van der Waals surface area contributed by atoms with Crippen molar-refractivity contribution >= 4 is 11.5 Å². The molecule has 4 rings (SSSR count). The van der Waals surface area contributed by atoms with Crippen LogP contribution in [0.3, 0.4) is 0 Å². The van der Waals surface area contributed by atoms with Crippen LogP contribution in [0.25, 0.3) is 5.65 Å². The molecule has 0 bridgehead atoms. The second-order valence-electron chi connectivity index (χ2n) is 5.91. The summed E-state index contributed by atoms with van der Waals surface area (Å²) in [5.74, 6) is 1.62. The fourth-order valence-corrected chi connectivity index (χ4v) is 3.82. The zero-order valence-electron chi connectivity index (χ0n) is 10.9. The number of nitrogens with zero attached hydrogens (tertiary/aromatic N) is 4. The first-order chi connectivity index (χ1) is 9.31. The van der Waals surface area contributed by atoms with Crippen LogP contribution in [0.1, 0.15) is 19.3 Å². The molecule has 2 unspecified atom stereocenters. The zero-order valence-corrected chi connectivity index (χ0v) is 10.9. The number of aliphatic hydroxyl groups is 1. The van der Waals surface area contributed by atoms with Crippen LogP contribution < -0.4 is 4.90 Å². The second kappa shape index (κ2) is 3.93. The average molecular weight is 258 g/mol. The van der Waals surface area contributed by atoms with E-state index < -0.39 is 0 Å². The Kier molecular flexibility index (Phi) is 2.33. The van der Waals surface area contributed by atoms with Crippen molar-refractivity contribution in [3.63, 3.8) is 0 Å². The smallest absolute Gasteiger partial charge is 0.153 e. The monoisotopic (exact) mass is 258 g/mol. The van der Waals surface area contributed by atoms with Crippen LogP contribution in [0.15, 0.2) is 24.5 Å². The van der Waals surface area contributed by atoms with Crippen molar-refractivity contribution in [3.8, 4) is 0 Å². The first-order valence-corrected chi connectivity index (χ1v) is 6.97. The molecule has 2 aromatic rings. The van der Waals surface area contributed by atoms with Crippen LogP contribution >= 0.6 is 0 Å². The second-order valence-corrected chi connectivity index (χ2v) is 5.91. The van der Waals surface area contributed by atoms with Gasteiger partial charge in [-0.2, -0.15) is 0 Å². The van der Waals surface area contributed by atoms with Crippen LogP contribution in [0.4, 0.5) is 5.82 Å². The summed E-state index contributed by atoms with van der Waals surface area (Å²) in [5, 5.41) is 14.4. The molecule has 19 heavy (non-hydrogen) atoms. The third-order valence-electron chi connectivity index (χ3n) is 4.92. The molecule has 2 aromatic heterocycles. The lowest BCUT2D eigenvalue weighted by atomic mass is 9.82. The van der Waals surface area contributed by atoms with Crippen molar-refractivity contribution < 1.29 is 5.11 Å². The maximum atomic E-state index is 9.77. The van der Waals surface area contributed by atoms with E-state index >= 15 is 0 Å². The summed E-state index contributed by atoms with van der Waals surface area (Å²) in [6.07, 6.45) is 7.28. The van der Waals surface area contributed by atoms with E-state index in [9.17, 15) is 5.11 Å². The van der Waals surface area contributed by atoms with Crippen LogP contribution in [-0.4, -0.2) is 39.4 Å². The Balaban J connectivity index is 1.66. The van der Waals surface area contributed by atoms with Gasteiger partial charge in [0.15, 0.2) is 5.65 Å². The largest absolute Gasteiger partial charge is 0.396 e. The number of fused-ring (bicyclic) bond motifs is 2. The minimum Gasteiger partial charge on any atom is -0.396 e. The predicted octanol–water partition coefficient (Wildman–Crippen LogP) is 1.33. The lowest BCUT2D eigenvalue weighted by Gasteiger charge is -2.26. The molecule has 5 nitrogen and oxygen atoms in total. The van der Waals surface area contributed by atoms with Gasteiger partial charge in [0.05, 0.1) is 6.61 Å². The quantitative estimate of drug-likeness (QED) is 0.883. The summed E-state index contributed by atoms with van der Waals surface area (Å²) in [5.41, 5.74) is 0.992. The van der Waals surface area contributed by atoms with E-state index in [1.54, 1.807) is 6.20 Å². The average Bonchev–Trinajstić information content (AvgIpc) is 3.10. The highest BCUT2D eigenvalue weighted by Crippen LogP contribution is 2.48. The molecule has 0 aromatic carbocycles. The molecule has 1 aliphatic heterocycles. The highest BCUT2D eigenvalue weighted by atomic mass is 16.3. The number of imidazole rings is 1. The summed E-state index contributed by atoms with van der Waals surface area (Å²) < 4.78 is 1.81. The predicted molar refractivity (Wildman–Crippen MR) is 72.1 cm³/mol. The van der Waals surface area contributed by atoms with Crippen molar-refractivity contribution in [3.05, 3.63) is 24.5 Å². The maximum absolute atomic E-state index is 9.77. The molecule has 3 heterocycles. The minimum atomic E-state index is 0.117. The van der Waals surface area contributed by atoms with Gasteiger partial charge in [0.1, 0.15) is 5.82 Å². The minimum absolute atomic E-state index is 0.117. The molecular formula is C14H18N4O. The van der Waals surface area contributed by atoms with Gasteiger partial charge in [-0.3, -0.25) is 0 Å². The summed E-state index contributed by atoms with van der Waals surface area (Å²) in [6, 6.07) is 4.04. The van der Waals surface area contributed by atoms with E-state index in [2.05, 4.69) is 15.0 Å². The van der Waals surface area contributed by atoms with E-state index in [1.807, 2.05) is 22.8 Å². The number of aliphatic hydroxyl groups excluding tert-OH is 1. The maximum Gasteiger partial charge on any atom is 0.153 e. The molecule has 2 aliphatic rings. The van der Waals surface area contributed by atoms with E-state index in [1.165, 1.54) is 12.8 Å². The van der Waals surface area contributed by atoms with Crippen molar-refractivity contribution in [1.82, 2.24) is 14.6 Å². The summed E-state index contributed by atoms with van der Waals surface area (Å²) in [4.78, 5) is 6.53. The third-order valence-corrected chi connectivity index (χ3v) is 4.92. The Labute approximate surface area is 111 Å². The van der Waals surface area contributed by atoms with Gasteiger partial charge in [0, 0.05) is 30.9 Å². The number of rotatable bonds is 2. The van der Waals surface area contributed by atoms with E-state index in [-0.39, 0.29) is 5.41 Å². The van der Waals surface area contributed by atoms with Crippen molar-refractivity contribution in [2.75, 3.05) is 24.6 Å². The lowest BCUT2D eigenvalue weighted by Crippen LogP contribution is -2.31. The fraction of sp³-hybridized carbons (Fsp3) is 0.571. The number of hydrogen-bond donors (Lipinski definition) is 1. The van der Waals surface area contributed by atoms with Gasteiger partial charge in [0.25, 0.3) is 0 Å². The topological polar surface area (TPSA) is 53.7 Å². The van der Waals surface area contributed by atoms with Crippen LogP contribution in [0, 0.1) is 11.3 Å². The molecule has 2 fully saturated rings. The van der Waals surface area contributed by atoms with Gasteiger partial charge in [-0.15, -0.1) is 5.10 Å². The summed E-state index contributed by atoms with van der Waals surface area (Å²) in [6.45, 7) is 2.26. The van der Waals surface area contributed by atoms with Gasteiger partial charge in [0.2, 0.25) is 0 Å². The Bertz CT molecular complexity index is 610. The molecule has 2 atom stereocenters. The molecule has 1 N–H and O–H groups in total. The van der Waals surface area contributed by atoms with Gasteiger partial charge < -0.3 is 10.0 Å². The standard InChI is InChI=1S/C14H18N4O/c19-10-14-5-1-2-11(14)8-17(9-14)13-4-3-12-15-6-7-18(12)16-13/h3-4,6-7,11,19H,1-2,5,8-10H2. The van der Waals surface area contributed by atoms with E-state index in [0.717, 1.165) is 31.0 Å². The van der Waals surface area contributed by atoms with Gasteiger partial charge in [-0.1, -0.05) is 6.42 Å². The third kappa shape index (κ3) is 1.57. The van der Waals surface area contributed by atoms with Crippen molar-refractivity contribution in [2.45, 2.75) is 19.3 Å². The lowest BCUT2D eigenvalue weighted by molar-refractivity contribution is 0.121. The first kappa shape index (κ1) is 11.2. The highest BCUT2D eigenvalue weighted by molar-refractivity contribution is 5.47. The number of hydrogen-bond acceptors (Lipinski definition) is 4. The van der Waals surface area contributed by atoms with E-state index in [0.29, 0.717) is 12.5 Å². The van der Waals surface area contributed by atoms with Crippen molar-refractivity contribution in [2.24, 2.45) is 11.3 Å². The molecular weight excluding hydrogens is 240 g/mol. The highest BCUT2D eigenvalue weighted by Gasteiger charge is 2.49. The van der Waals surface area contributed by atoms with Gasteiger partial charge in [-0.25, -0.2) is 9.50 Å². The number of anilines is 1. The normalized spacial score (nSPS) is 30.2. The molecule has 0 radical (unpaired) electrons. The molecule has 0 amide bonds. The molecule has 0 spiro atoms. The summed E-state index contributed by atoms with van der Waals surface area (Å²) in [7, 11) is 0. The molecule has 5 heteroatoms. The molecule has 100 valence electrons. The molecule has 1 aliphatic carbocycles. The van der Waals surface area contributed by atoms with E-state index in [4.69, 9.17) is 0 Å². The fourth-order valence-electron chi connectivity index (χ4n) is 3.82.